The van der Waals surface area contributed by atoms with E-state index in [9.17, 15) is 4.79 Å². The van der Waals surface area contributed by atoms with Crippen molar-refractivity contribution in [2.24, 2.45) is 0 Å². The highest BCUT2D eigenvalue weighted by atomic mass is 16.4. The molecule has 4 heteroatoms. The van der Waals surface area contributed by atoms with Crippen LogP contribution in [0.5, 0.6) is 0 Å². The van der Waals surface area contributed by atoms with Crippen molar-refractivity contribution in [2.45, 2.75) is 6.42 Å². The average molecular weight is 232 g/mol. The van der Waals surface area contributed by atoms with Crippen LogP contribution in [0.4, 0.5) is 5.69 Å². The Morgan fingerprint density at radius 3 is 2.88 bits per heavy atom. The Kier molecular flexibility index (Phi) is 3.77. The van der Waals surface area contributed by atoms with E-state index < -0.39 is 0 Å². The lowest BCUT2D eigenvalue weighted by atomic mass is 10.2. The number of nitrogens with one attached hydrogen (secondary N) is 2. The fourth-order valence-electron chi connectivity index (χ4n) is 1.75. The molecule has 0 amide bonds. The molecule has 0 bridgehead atoms. The van der Waals surface area contributed by atoms with Gasteiger partial charge in [-0.2, -0.15) is 0 Å². The SMILES string of the molecule is CNCCCNc1cc(=O)oc2ccccc12. The van der Waals surface area contributed by atoms with Crippen molar-refractivity contribution in [1.82, 2.24) is 5.32 Å². The van der Waals surface area contributed by atoms with Crippen LogP contribution < -0.4 is 16.3 Å². The first kappa shape index (κ1) is 11.7. The van der Waals surface area contributed by atoms with Crippen LogP contribution in [0.1, 0.15) is 6.42 Å². The standard InChI is InChI=1S/C13H16N2O2/c1-14-7-4-8-15-11-9-13(16)17-12-6-3-2-5-10(11)12/h2-3,5-6,9,14-15H,4,7-8H2,1H3. The van der Waals surface area contributed by atoms with Crippen molar-refractivity contribution in [3.8, 4) is 0 Å². The zero-order valence-corrected chi connectivity index (χ0v) is 9.82. The number of para-hydroxylation sites is 1. The molecule has 0 aliphatic rings. The minimum Gasteiger partial charge on any atom is -0.423 e. The largest absolute Gasteiger partial charge is 0.423 e. The van der Waals surface area contributed by atoms with Crippen LogP contribution in [-0.4, -0.2) is 20.1 Å². The summed E-state index contributed by atoms with van der Waals surface area (Å²) >= 11 is 0. The first-order valence-electron chi connectivity index (χ1n) is 5.72. The Balaban J connectivity index is 2.23. The molecule has 0 atom stereocenters. The van der Waals surface area contributed by atoms with Crippen LogP contribution in [0.2, 0.25) is 0 Å². The molecule has 90 valence electrons. The van der Waals surface area contributed by atoms with Crippen molar-refractivity contribution < 1.29 is 4.42 Å². The molecule has 2 N–H and O–H groups in total. The van der Waals surface area contributed by atoms with E-state index in [1.54, 1.807) is 6.07 Å². The third-order valence-electron chi connectivity index (χ3n) is 2.57. The maximum atomic E-state index is 11.4. The molecule has 1 aromatic heterocycles. The fourth-order valence-corrected chi connectivity index (χ4v) is 1.75. The second-order valence-electron chi connectivity index (χ2n) is 3.86. The number of rotatable bonds is 5. The summed E-state index contributed by atoms with van der Waals surface area (Å²) in [7, 11) is 1.92. The van der Waals surface area contributed by atoms with E-state index in [4.69, 9.17) is 4.42 Å². The maximum Gasteiger partial charge on any atom is 0.338 e. The Hall–Kier alpha value is -1.81. The third-order valence-corrected chi connectivity index (χ3v) is 2.57. The maximum absolute atomic E-state index is 11.4. The molecule has 17 heavy (non-hydrogen) atoms. The number of anilines is 1. The van der Waals surface area contributed by atoms with Crippen LogP contribution in [0.15, 0.2) is 39.5 Å². The number of benzene rings is 1. The van der Waals surface area contributed by atoms with Gasteiger partial charge in [0.25, 0.3) is 0 Å². The third kappa shape index (κ3) is 2.85. The summed E-state index contributed by atoms with van der Waals surface area (Å²) in [6.07, 6.45) is 1.01. The van der Waals surface area contributed by atoms with E-state index in [0.717, 1.165) is 30.6 Å². The highest BCUT2D eigenvalue weighted by molar-refractivity contribution is 5.89. The molecule has 0 saturated carbocycles. The van der Waals surface area contributed by atoms with E-state index in [0.29, 0.717) is 5.58 Å². The molecule has 0 saturated heterocycles. The van der Waals surface area contributed by atoms with Crippen molar-refractivity contribution in [3.05, 3.63) is 40.8 Å². The summed E-state index contributed by atoms with van der Waals surface area (Å²) < 4.78 is 5.12. The first-order chi connectivity index (χ1) is 8.31. The molecule has 0 aliphatic carbocycles. The molecule has 0 unspecified atom stereocenters. The molecule has 4 nitrogen and oxygen atoms in total. The molecule has 1 heterocycles. The molecule has 0 radical (unpaired) electrons. The normalized spacial score (nSPS) is 10.6. The molecule has 0 fully saturated rings. The fraction of sp³-hybridized carbons (Fsp3) is 0.308. The minimum atomic E-state index is -0.320. The van der Waals surface area contributed by atoms with Gasteiger partial charge in [0, 0.05) is 18.0 Å². The number of hydrogen-bond donors (Lipinski definition) is 2. The Labute approximate surface area is 99.6 Å². The lowest BCUT2D eigenvalue weighted by Crippen LogP contribution is -2.13. The van der Waals surface area contributed by atoms with Crippen molar-refractivity contribution in [1.29, 1.82) is 0 Å². The van der Waals surface area contributed by atoms with Crippen LogP contribution in [0, 0.1) is 0 Å². The van der Waals surface area contributed by atoms with Gasteiger partial charge in [0.1, 0.15) is 5.58 Å². The second-order valence-corrected chi connectivity index (χ2v) is 3.86. The van der Waals surface area contributed by atoms with Crippen molar-refractivity contribution in [3.63, 3.8) is 0 Å². The van der Waals surface area contributed by atoms with E-state index in [2.05, 4.69) is 10.6 Å². The van der Waals surface area contributed by atoms with Gasteiger partial charge in [0.15, 0.2) is 0 Å². The predicted molar refractivity (Wildman–Crippen MR) is 69.5 cm³/mol. The quantitative estimate of drug-likeness (QED) is 0.610. The Bertz CT molecular complexity index is 548. The van der Waals surface area contributed by atoms with Gasteiger partial charge in [-0.25, -0.2) is 4.79 Å². The molecular weight excluding hydrogens is 216 g/mol. The molecule has 2 aromatic rings. The van der Waals surface area contributed by atoms with E-state index in [1.807, 2.05) is 25.2 Å². The van der Waals surface area contributed by atoms with Gasteiger partial charge in [0.05, 0.1) is 5.69 Å². The van der Waals surface area contributed by atoms with Gasteiger partial charge >= 0.3 is 5.63 Å². The molecule has 0 spiro atoms. The summed E-state index contributed by atoms with van der Waals surface area (Å²) in [6, 6.07) is 9.03. The summed E-state index contributed by atoms with van der Waals surface area (Å²) in [5, 5.41) is 7.29. The zero-order valence-electron chi connectivity index (χ0n) is 9.82. The first-order valence-corrected chi connectivity index (χ1v) is 5.72. The van der Waals surface area contributed by atoms with E-state index >= 15 is 0 Å². The lowest BCUT2D eigenvalue weighted by molar-refractivity contribution is 0.561. The molecule has 0 aliphatic heterocycles. The summed E-state index contributed by atoms with van der Waals surface area (Å²) in [5.41, 5.74) is 1.14. The van der Waals surface area contributed by atoms with Crippen LogP contribution >= 0.6 is 0 Å². The van der Waals surface area contributed by atoms with E-state index in [-0.39, 0.29) is 5.63 Å². The highest BCUT2D eigenvalue weighted by Crippen LogP contribution is 2.20. The zero-order chi connectivity index (χ0) is 12.1. The summed E-state index contributed by atoms with van der Waals surface area (Å²) in [5.74, 6) is 0. The van der Waals surface area contributed by atoms with Gasteiger partial charge < -0.3 is 15.1 Å². The highest BCUT2D eigenvalue weighted by Gasteiger charge is 2.03. The minimum absolute atomic E-state index is 0.320. The lowest BCUT2D eigenvalue weighted by Gasteiger charge is -2.08. The average Bonchev–Trinajstić information content (AvgIpc) is 2.34. The van der Waals surface area contributed by atoms with Gasteiger partial charge in [-0.15, -0.1) is 0 Å². The molecule has 1 aromatic carbocycles. The van der Waals surface area contributed by atoms with E-state index in [1.165, 1.54) is 6.07 Å². The Morgan fingerprint density at radius 2 is 2.06 bits per heavy atom. The Morgan fingerprint density at radius 1 is 1.24 bits per heavy atom. The summed E-state index contributed by atoms with van der Waals surface area (Å²) in [6.45, 7) is 1.78. The monoisotopic (exact) mass is 232 g/mol. The van der Waals surface area contributed by atoms with Crippen LogP contribution in [0.25, 0.3) is 11.0 Å². The number of hydrogen-bond acceptors (Lipinski definition) is 4. The number of fused-ring (bicyclic) bond motifs is 1. The van der Waals surface area contributed by atoms with Gasteiger partial charge in [0.2, 0.25) is 0 Å². The molecule has 2 rings (SSSR count). The van der Waals surface area contributed by atoms with Gasteiger partial charge in [-0.3, -0.25) is 0 Å². The second kappa shape index (κ2) is 5.50. The van der Waals surface area contributed by atoms with Crippen LogP contribution in [-0.2, 0) is 0 Å². The van der Waals surface area contributed by atoms with Gasteiger partial charge in [-0.1, -0.05) is 12.1 Å². The molecular formula is C13H16N2O2. The summed E-state index contributed by atoms with van der Waals surface area (Å²) in [4.78, 5) is 11.4. The topological polar surface area (TPSA) is 54.3 Å². The smallest absolute Gasteiger partial charge is 0.338 e. The van der Waals surface area contributed by atoms with Crippen molar-refractivity contribution >= 4 is 16.7 Å². The van der Waals surface area contributed by atoms with Crippen LogP contribution in [0.3, 0.4) is 0 Å². The predicted octanol–water partition coefficient (Wildman–Crippen LogP) is 1.81. The van der Waals surface area contributed by atoms with Gasteiger partial charge in [-0.05, 0) is 32.1 Å². The van der Waals surface area contributed by atoms with Crippen molar-refractivity contribution in [2.75, 3.05) is 25.5 Å².